The summed E-state index contributed by atoms with van der Waals surface area (Å²) in [7, 11) is 0. The minimum atomic E-state index is -0.477. The molecule has 1 fully saturated rings. The van der Waals surface area contributed by atoms with Gasteiger partial charge in [0.05, 0.1) is 6.10 Å². The largest absolute Gasteiger partial charge is 0.378 e. The summed E-state index contributed by atoms with van der Waals surface area (Å²) < 4.78 is 32.0. The van der Waals surface area contributed by atoms with Crippen LogP contribution in [0.4, 0.5) is 8.78 Å². The first kappa shape index (κ1) is 13.5. The fraction of sp³-hybridized carbons (Fsp3) is 0.600. The van der Waals surface area contributed by atoms with Gasteiger partial charge in [0, 0.05) is 12.7 Å². The molecule has 0 aliphatic heterocycles. The highest BCUT2D eigenvalue weighted by molar-refractivity contribution is 5.22. The molecule has 0 spiro atoms. The standard InChI is InChI=1S/C15H20F2O/c1-2-7-18-15-5-3-11(4-6-15)12-8-13(16)10-14(17)9-12/h8-11,15H,2-7H2,1H3. The van der Waals surface area contributed by atoms with Crippen molar-refractivity contribution in [1.29, 1.82) is 0 Å². The maximum Gasteiger partial charge on any atom is 0.126 e. The van der Waals surface area contributed by atoms with E-state index in [9.17, 15) is 8.78 Å². The van der Waals surface area contributed by atoms with E-state index in [-0.39, 0.29) is 5.92 Å². The van der Waals surface area contributed by atoms with Gasteiger partial charge in [-0.25, -0.2) is 8.78 Å². The molecule has 3 heteroatoms. The average molecular weight is 254 g/mol. The van der Waals surface area contributed by atoms with E-state index < -0.39 is 11.6 Å². The van der Waals surface area contributed by atoms with Crippen LogP contribution in [0.2, 0.25) is 0 Å². The van der Waals surface area contributed by atoms with Gasteiger partial charge in [-0.1, -0.05) is 6.92 Å². The van der Waals surface area contributed by atoms with E-state index in [0.29, 0.717) is 6.10 Å². The first-order valence-corrected chi connectivity index (χ1v) is 6.76. The molecular weight excluding hydrogens is 234 g/mol. The summed E-state index contributed by atoms with van der Waals surface area (Å²) in [5, 5.41) is 0. The molecule has 1 saturated carbocycles. The van der Waals surface area contributed by atoms with Crippen molar-refractivity contribution in [3.63, 3.8) is 0 Å². The van der Waals surface area contributed by atoms with Crippen molar-refractivity contribution in [1.82, 2.24) is 0 Å². The fourth-order valence-corrected chi connectivity index (χ4v) is 2.66. The van der Waals surface area contributed by atoms with Crippen molar-refractivity contribution >= 4 is 0 Å². The molecule has 0 bridgehead atoms. The van der Waals surface area contributed by atoms with Crippen LogP contribution in [0.15, 0.2) is 18.2 Å². The van der Waals surface area contributed by atoms with Crippen LogP contribution in [0.1, 0.15) is 50.5 Å². The van der Waals surface area contributed by atoms with Crippen LogP contribution >= 0.6 is 0 Å². The molecule has 1 aliphatic rings. The van der Waals surface area contributed by atoms with Crippen LogP contribution in [-0.4, -0.2) is 12.7 Å². The maximum atomic E-state index is 13.2. The van der Waals surface area contributed by atoms with Crippen molar-refractivity contribution in [3.05, 3.63) is 35.4 Å². The normalized spacial score (nSPS) is 24.2. The lowest BCUT2D eigenvalue weighted by molar-refractivity contribution is 0.0251. The third-order valence-corrected chi connectivity index (χ3v) is 3.59. The minimum Gasteiger partial charge on any atom is -0.378 e. The van der Waals surface area contributed by atoms with Crippen molar-refractivity contribution in [2.75, 3.05) is 6.61 Å². The van der Waals surface area contributed by atoms with Crippen LogP contribution in [0, 0.1) is 11.6 Å². The molecule has 1 aromatic rings. The van der Waals surface area contributed by atoms with E-state index in [1.54, 1.807) is 0 Å². The van der Waals surface area contributed by atoms with Gasteiger partial charge in [0.2, 0.25) is 0 Å². The summed E-state index contributed by atoms with van der Waals surface area (Å²) in [6, 6.07) is 3.85. The van der Waals surface area contributed by atoms with Gasteiger partial charge in [0.1, 0.15) is 11.6 Å². The lowest BCUT2D eigenvalue weighted by atomic mass is 9.82. The van der Waals surface area contributed by atoms with Gasteiger partial charge >= 0.3 is 0 Å². The number of hydrogen-bond acceptors (Lipinski definition) is 1. The molecule has 0 saturated heterocycles. The van der Waals surface area contributed by atoms with Crippen LogP contribution in [-0.2, 0) is 4.74 Å². The Morgan fingerprint density at radius 3 is 2.22 bits per heavy atom. The Bertz CT molecular complexity index is 364. The van der Waals surface area contributed by atoms with Gasteiger partial charge < -0.3 is 4.74 Å². The van der Waals surface area contributed by atoms with Crippen LogP contribution < -0.4 is 0 Å². The quantitative estimate of drug-likeness (QED) is 0.773. The summed E-state index contributed by atoms with van der Waals surface area (Å²) in [4.78, 5) is 0. The molecule has 0 aromatic heterocycles. The van der Waals surface area contributed by atoms with E-state index in [0.717, 1.165) is 50.3 Å². The van der Waals surface area contributed by atoms with E-state index in [1.165, 1.54) is 12.1 Å². The zero-order chi connectivity index (χ0) is 13.0. The van der Waals surface area contributed by atoms with Crippen LogP contribution in [0.25, 0.3) is 0 Å². The highest BCUT2D eigenvalue weighted by Gasteiger charge is 2.23. The van der Waals surface area contributed by atoms with Gasteiger partial charge in [-0.05, 0) is 55.7 Å². The Morgan fingerprint density at radius 2 is 1.67 bits per heavy atom. The second kappa shape index (κ2) is 6.28. The molecule has 2 rings (SSSR count). The lowest BCUT2D eigenvalue weighted by Gasteiger charge is -2.28. The van der Waals surface area contributed by atoms with Gasteiger partial charge in [-0.15, -0.1) is 0 Å². The first-order chi connectivity index (χ1) is 8.69. The third-order valence-electron chi connectivity index (χ3n) is 3.59. The van der Waals surface area contributed by atoms with E-state index in [1.807, 2.05) is 0 Å². The summed E-state index contributed by atoms with van der Waals surface area (Å²) in [5.74, 6) is -0.680. The summed E-state index contributed by atoms with van der Waals surface area (Å²) in [6.07, 6.45) is 5.26. The summed E-state index contributed by atoms with van der Waals surface area (Å²) in [5.41, 5.74) is 0.793. The zero-order valence-electron chi connectivity index (χ0n) is 10.8. The smallest absolute Gasteiger partial charge is 0.126 e. The van der Waals surface area contributed by atoms with Crippen molar-refractivity contribution in [3.8, 4) is 0 Å². The topological polar surface area (TPSA) is 9.23 Å². The average Bonchev–Trinajstić information content (AvgIpc) is 2.36. The van der Waals surface area contributed by atoms with Crippen molar-refractivity contribution in [2.45, 2.75) is 51.0 Å². The molecule has 0 unspecified atom stereocenters. The molecule has 1 aliphatic carbocycles. The zero-order valence-corrected chi connectivity index (χ0v) is 10.8. The molecular formula is C15H20F2O. The first-order valence-electron chi connectivity index (χ1n) is 6.76. The summed E-state index contributed by atoms with van der Waals surface area (Å²) >= 11 is 0. The molecule has 1 nitrogen and oxygen atoms in total. The highest BCUT2D eigenvalue weighted by atomic mass is 19.1. The SMILES string of the molecule is CCCOC1CCC(c2cc(F)cc(F)c2)CC1. The third kappa shape index (κ3) is 3.52. The Morgan fingerprint density at radius 1 is 1.06 bits per heavy atom. The predicted octanol–water partition coefficient (Wildman–Crippen LogP) is 4.42. The Balaban J connectivity index is 1.92. The van der Waals surface area contributed by atoms with E-state index in [4.69, 9.17) is 4.74 Å². The number of rotatable bonds is 4. The lowest BCUT2D eigenvalue weighted by Crippen LogP contribution is -2.21. The van der Waals surface area contributed by atoms with Crippen LogP contribution in [0.3, 0.4) is 0 Å². The van der Waals surface area contributed by atoms with Gasteiger partial charge in [-0.2, -0.15) is 0 Å². The second-order valence-electron chi connectivity index (χ2n) is 5.05. The van der Waals surface area contributed by atoms with Crippen LogP contribution in [0.5, 0.6) is 0 Å². The van der Waals surface area contributed by atoms with Gasteiger partial charge in [0.15, 0.2) is 0 Å². The minimum absolute atomic E-state index is 0.275. The Kier molecular flexibility index (Phi) is 4.70. The molecule has 18 heavy (non-hydrogen) atoms. The fourth-order valence-electron chi connectivity index (χ4n) is 2.66. The van der Waals surface area contributed by atoms with Gasteiger partial charge in [0.25, 0.3) is 0 Å². The number of halogens is 2. The number of benzene rings is 1. The number of hydrogen-bond donors (Lipinski definition) is 0. The molecule has 0 radical (unpaired) electrons. The second-order valence-corrected chi connectivity index (χ2v) is 5.05. The molecule has 0 atom stereocenters. The molecule has 1 aromatic carbocycles. The van der Waals surface area contributed by atoms with E-state index in [2.05, 4.69) is 6.92 Å². The molecule has 0 amide bonds. The molecule has 100 valence electrons. The predicted molar refractivity (Wildman–Crippen MR) is 67.6 cm³/mol. The molecule has 0 heterocycles. The molecule has 0 N–H and O–H groups in total. The maximum absolute atomic E-state index is 13.2. The Labute approximate surface area is 107 Å². The monoisotopic (exact) mass is 254 g/mol. The van der Waals surface area contributed by atoms with Gasteiger partial charge in [-0.3, -0.25) is 0 Å². The highest BCUT2D eigenvalue weighted by Crippen LogP contribution is 2.34. The van der Waals surface area contributed by atoms with E-state index >= 15 is 0 Å². The number of ether oxygens (including phenoxy) is 1. The van der Waals surface area contributed by atoms with Crippen molar-refractivity contribution in [2.24, 2.45) is 0 Å². The Hall–Kier alpha value is -0.960. The summed E-state index contributed by atoms with van der Waals surface area (Å²) in [6.45, 7) is 2.91. The van der Waals surface area contributed by atoms with Crippen molar-refractivity contribution < 1.29 is 13.5 Å².